The van der Waals surface area contributed by atoms with Crippen LogP contribution in [0.25, 0.3) is 33.2 Å². The van der Waals surface area contributed by atoms with Crippen molar-refractivity contribution in [2.45, 2.75) is 11.8 Å². The Morgan fingerprint density at radius 2 is 1.47 bits per heavy atom. The number of aromatic nitrogens is 2. The van der Waals surface area contributed by atoms with Gasteiger partial charge in [0.05, 0.1) is 15.6 Å². The summed E-state index contributed by atoms with van der Waals surface area (Å²) in [6, 6.07) is 22.6. The molecule has 2 N–H and O–H groups in total. The van der Waals surface area contributed by atoms with E-state index >= 15 is 0 Å². The number of aryl methyl sites for hydroxylation is 1. The molecule has 0 spiro atoms. The van der Waals surface area contributed by atoms with Crippen molar-refractivity contribution in [1.29, 1.82) is 0 Å². The zero-order valence-corrected chi connectivity index (χ0v) is 22.0. The Morgan fingerprint density at radius 1 is 0.842 bits per heavy atom. The maximum absolute atomic E-state index is 11.6. The molecular weight excluding hydrogens is 524 g/mol. The van der Waals surface area contributed by atoms with Gasteiger partial charge in [-0.25, -0.2) is 13.2 Å². The molecule has 7 nitrogen and oxygen atoms in total. The first-order valence-corrected chi connectivity index (χ1v) is 13.6. The summed E-state index contributed by atoms with van der Waals surface area (Å²) in [5, 5.41) is 20.3. The predicted octanol–water partition coefficient (Wildman–Crippen LogP) is 6.42. The zero-order valence-electron chi connectivity index (χ0n) is 20.5. The topological polar surface area (TPSA) is 117 Å². The van der Waals surface area contributed by atoms with Crippen molar-refractivity contribution in [2.24, 2.45) is 0 Å². The van der Waals surface area contributed by atoms with Gasteiger partial charge in [-0.3, -0.25) is 9.97 Å². The fourth-order valence-electron chi connectivity index (χ4n) is 3.78. The van der Waals surface area contributed by atoms with Crippen molar-refractivity contribution in [2.75, 3.05) is 6.26 Å². The molecule has 192 valence electrons. The molecule has 0 saturated carbocycles. The summed E-state index contributed by atoms with van der Waals surface area (Å²) >= 11 is 6.11. The molecule has 0 radical (unpaired) electrons. The van der Waals surface area contributed by atoms with Crippen LogP contribution in [0.1, 0.15) is 16.1 Å². The van der Waals surface area contributed by atoms with Crippen molar-refractivity contribution in [3.63, 3.8) is 0 Å². The molecule has 0 aliphatic heterocycles. The molecule has 5 aromatic rings. The number of hydrogen-bond acceptors (Lipinski definition) is 6. The maximum Gasteiger partial charge on any atom is 0.339 e. The maximum atomic E-state index is 11.6. The fourth-order valence-corrected chi connectivity index (χ4v) is 4.57. The van der Waals surface area contributed by atoms with E-state index in [4.69, 9.17) is 16.7 Å². The van der Waals surface area contributed by atoms with Gasteiger partial charge in [0.2, 0.25) is 0 Å². The minimum Gasteiger partial charge on any atom is -0.507 e. The molecule has 9 heteroatoms. The van der Waals surface area contributed by atoms with Gasteiger partial charge in [-0.15, -0.1) is 0 Å². The number of phenols is 1. The second kappa shape index (κ2) is 11.0. The van der Waals surface area contributed by atoms with Gasteiger partial charge in [-0.05, 0) is 65.7 Å². The molecule has 0 fully saturated rings. The third-order valence-electron chi connectivity index (χ3n) is 5.73. The number of aromatic hydroxyl groups is 1. The summed E-state index contributed by atoms with van der Waals surface area (Å²) in [5.74, 6) is -1.32. The average molecular weight is 547 g/mol. The highest BCUT2D eigenvalue weighted by Gasteiger charge is 2.13. The van der Waals surface area contributed by atoms with Gasteiger partial charge in [0.1, 0.15) is 11.3 Å². The lowest BCUT2D eigenvalue weighted by atomic mass is 10.0. The average Bonchev–Trinajstić information content (AvgIpc) is 2.89. The lowest BCUT2D eigenvalue weighted by Crippen LogP contribution is -1.97. The van der Waals surface area contributed by atoms with Gasteiger partial charge in [-0.1, -0.05) is 48.0 Å². The van der Waals surface area contributed by atoms with Crippen molar-refractivity contribution in [1.82, 2.24) is 9.97 Å². The summed E-state index contributed by atoms with van der Waals surface area (Å²) in [7, 11) is -3.23. The molecule has 0 amide bonds. The van der Waals surface area contributed by atoms with Crippen LogP contribution in [0.2, 0.25) is 5.02 Å². The number of hydrogen-bond donors (Lipinski definition) is 2. The van der Waals surface area contributed by atoms with Crippen molar-refractivity contribution in [3.05, 3.63) is 108 Å². The van der Waals surface area contributed by atoms with Crippen molar-refractivity contribution >= 4 is 38.2 Å². The van der Waals surface area contributed by atoms with E-state index in [1.807, 2.05) is 43.3 Å². The van der Waals surface area contributed by atoms with Crippen LogP contribution in [0.4, 0.5) is 0 Å². The minimum atomic E-state index is -3.23. The van der Waals surface area contributed by atoms with Crippen LogP contribution in [0.5, 0.6) is 5.75 Å². The third kappa shape index (κ3) is 6.16. The predicted molar refractivity (Wildman–Crippen MR) is 148 cm³/mol. The Morgan fingerprint density at radius 3 is 2.05 bits per heavy atom. The fraction of sp³-hybridized carbons (Fsp3) is 0.0690. The molecule has 0 unspecified atom stereocenters. The van der Waals surface area contributed by atoms with E-state index in [0.29, 0.717) is 5.02 Å². The normalized spacial score (nSPS) is 11.0. The standard InChI is InChI=1S/C18H15ClN2O2S.C11H8O3/c1-12-3-4-14(10-20-12)18-17(9-15(19)11-21-18)13-5-7-16(8-6-13)24(2,22)23;12-10-6-8-4-2-1-3-7(8)5-9(10)11(13)14/h3-11H,1-2H3;1-6,12H,(H,13,14). The van der Waals surface area contributed by atoms with E-state index in [2.05, 4.69) is 9.97 Å². The SMILES string of the molecule is Cc1ccc(-c2ncc(Cl)cc2-c2ccc(S(C)(=O)=O)cc2)cn1.O=C(O)c1cc2ccccc2cc1O. The molecule has 0 saturated heterocycles. The van der Waals surface area contributed by atoms with E-state index in [0.717, 1.165) is 38.9 Å². The molecule has 0 aliphatic carbocycles. The molecule has 5 rings (SSSR count). The first kappa shape index (κ1) is 26.8. The number of carbonyl (C=O) groups is 1. The van der Waals surface area contributed by atoms with Crippen LogP contribution in [0.15, 0.2) is 96.2 Å². The summed E-state index contributed by atoms with van der Waals surface area (Å²) in [5.41, 5.74) is 4.15. The zero-order chi connectivity index (χ0) is 27.4. The quantitative estimate of drug-likeness (QED) is 0.267. The summed E-state index contributed by atoms with van der Waals surface area (Å²) in [6.07, 6.45) is 4.54. The monoisotopic (exact) mass is 546 g/mol. The number of rotatable bonds is 4. The van der Waals surface area contributed by atoms with Crippen LogP contribution in [0.3, 0.4) is 0 Å². The number of fused-ring (bicyclic) bond motifs is 1. The number of carboxylic acids is 1. The lowest BCUT2D eigenvalue weighted by molar-refractivity contribution is 0.0694. The highest BCUT2D eigenvalue weighted by Crippen LogP contribution is 2.32. The third-order valence-corrected chi connectivity index (χ3v) is 7.06. The van der Waals surface area contributed by atoms with E-state index in [1.165, 1.54) is 18.4 Å². The van der Waals surface area contributed by atoms with Gasteiger partial charge in [0.15, 0.2) is 9.84 Å². The largest absolute Gasteiger partial charge is 0.507 e. The van der Waals surface area contributed by atoms with Crippen LogP contribution < -0.4 is 0 Å². The smallest absolute Gasteiger partial charge is 0.339 e. The van der Waals surface area contributed by atoms with Gasteiger partial charge < -0.3 is 10.2 Å². The van der Waals surface area contributed by atoms with Crippen LogP contribution in [0, 0.1) is 6.92 Å². The van der Waals surface area contributed by atoms with Crippen molar-refractivity contribution < 1.29 is 23.4 Å². The molecule has 38 heavy (non-hydrogen) atoms. The first-order chi connectivity index (χ1) is 18.0. The van der Waals surface area contributed by atoms with Crippen LogP contribution in [-0.2, 0) is 9.84 Å². The second-order valence-corrected chi connectivity index (χ2v) is 11.0. The minimum absolute atomic E-state index is 0.0660. The number of carboxylic acid groups (broad SMARTS) is 1. The molecule has 3 aromatic carbocycles. The molecular formula is C29H23ClN2O5S. The Balaban J connectivity index is 0.000000204. The molecule has 0 atom stereocenters. The molecule has 2 aromatic heterocycles. The summed E-state index contributed by atoms with van der Waals surface area (Å²) < 4.78 is 23.2. The molecule has 2 heterocycles. The number of nitrogens with zero attached hydrogens (tertiary/aromatic N) is 2. The molecule has 0 bridgehead atoms. The number of aromatic carboxylic acids is 1. The van der Waals surface area contributed by atoms with E-state index in [1.54, 1.807) is 42.7 Å². The van der Waals surface area contributed by atoms with Crippen LogP contribution in [-0.4, -0.2) is 40.8 Å². The lowest BCUT2D eigenvalue weighted by Gasteiger charge is -2.10. The highest BCUT2D eigenvalue weighted by molar-refractivity contribution is 7.90. The number of sulfone groups is 1. The number of pyridine rings is 2. The van der Waals surface area contributed by atoms with Gasteiger partial charge in [0.25, 0.3) is 0 Å². The molecule has 0 aliphatic rings. The summed E-state index contributed by atoms with van der Waals surface area (Å²) in [4.78, 5) is 19.7. The number of halogens is 1. The number of benzene rings is 3. The van der Waals surface area contributed by atoms with Gasteiger partial charge in [0, 0.05) is 35.5 Å². The Labute approximate surface area is 225 Å². The Hall–Kier alpha value is -4.27. The summed E-state index contributed by atoms with van der Waals surface area (Å²) in [6.45, 7) is 1.92. The first-order valence-electron chi connectivity index (χ1n) is 11.4. The van der Waals surface area contributed by atoms with Gasteiger partial charge >= 0.3 is 5.97 Å². The van der Waals surface area contributed by atoms with Crippen molar-refractivity contribution in [3.8, 4) is 28.1 Å². The van der Waals surface area contributed by atoms with E-state index in [9.17, 15) is 18.3 Å². The highest BCUT2D eigenvalue weighted by atomic mass is 35.5. The Kier molecular flexibility index (Phi) is 7.75. The second-order valence-electron chi connectivity index (χ2n) is 8.56. The van der Waals surface area contributed by atoms with E-state index < -0.39 is 15.8 Å². The van der Waals surface area contributed by atoms with Gasteiger partial charge in [-0.2, -0.15) is 0 Å². The van der Waals surface area contributed by atoms with E-state index in [-0.39, 0.29) is 16.2 Å². The van der Waals surface area contributed by atoms with Crippen LogP contribution >= 0.6 is 11.6 Å². The Bertz CT molecular complexity index is 1740.